The minimum Gasteiger partial charge on any atom is -0.351 e. The molecule has 0 heterocycles. The van der Waals surface area contributed by atoms with E-state index in [1.807, 2.05) is 13.0 Å². The van der Waals surface area contributed by atoms with E-state index < -0.39 is 15.9 Å². The second-order valence-corrected chi connectivity index (χ2v) is 7.72. The van der Waals surface area contributed by atoms with Gasteiger partial charge in [-0.25, -0.2) is 13.1 Å². The van der Waals surface area contributed by atoms with Crippen molar-refractivity contribution in [3.63, 3.8) is 0 Å². The molecule has 0 radical (unpaired) electrons. The standard InChI is InChI=1S/C17H19ClN2O3S/c1-13-3-2-4-15(9-13)12-24(22,23)20-11-17(21)19-10-14-5-7-16(18)8-6-14/h2-9,20H,10-12H2,1H3,(H,19,21). The number of benzene rings is 2. The van der Waals surface area contributed by atoms with Crippen molar-refractivity contribution in [2.24, 2.45) is 0 Å². The Morgan fingerprint density at radius 1 is 1.08 bits per heavy atom. The van der Waals surface area contributed by atoms with E-state index in [0.29, 0.717) is 17.1 Å². The molecule has 24 heavy (non-hydrogen) atoms. The number of halogens is 1. The van der Waals surface area contributed by atoms with Gasteiger partial charge in [-0.05, 0) is 30.2 Å². The number of sulfonamides is 1. The van der Waals surface area contributed by atoms with E-state index >= 15 is 0 Å². The van der Waals surface area contributed by atoms with Crippen molar-refractivity contribution in [2.75, 3.05) is 6.54 Å². The summed E-state index contributed by atoms with van der Waals surface area (Å²) in [7, 11) is -3.56. The van der Waals surface area contributed by atoms with Crippen LogP contribution in [0.2, 0.25) is 5.02 Å². The van der Waals surface area contributed by atoms with Gasteiger partial charge in [-0.1, -0.05) is 53.6 Å². The van der Waals surface area contributed by atoms with Gasteiger partial charge in [0.05, 0.1) is 12.3 Å². The summed E-state index contributed by atoms with van der Waals surface area (Å²) in [5, 5.41) is 3.27. The summed E-state index contributed by atoms with van der Waals surface area (Å²) >= 11 is 5.79. The third-order valence-electron chi connectivity index (χ3n) is 3.29. The highest BCUT2D eigenvalue weighted by Gasteiger charge is 2.13. The maximum atomic E-state index is 12.0. The number of carbonyl (C=O) groups excluding carboxylic acids is 1. The van der Waals surface area contributed by atoms with Crippen LogP contribution in [0.15, 0.2) is 48.5 Å². The molecule has 0 unspecified atom stereocenters. The van der Waals surface area contributed by atoms with Crippen molar-refractivity contribution in [3.8, 4) is 0 Å². The van der Waals surface area contributed by atoms with Gasteiger partial charge >= 0.3 is 0 Å². The van der Waals surface area contributed by atoms with Crippen LogP contribution >= 0.6 is 11.6 Å². The predicted molar refractivity (Wildman–Crippen MR) is 95.1 cm³/mol. The summed E-state index contributed by atoms with van der Waals surface area (Å²) in [6.45, 7) is 1.92. The predicted octanol–water partition coefficient (Wildman–Crippen LogP) is 2.38. The lowest BCUT2D eigenvalue weighted by Crippen LogP contribution is -2.37. The first kappa shape index (κ1) is 18.4. The summed E-state index contributed by atoms with van der Waals surface area (Å²) in [6, 6.07) is 14.3. The maximum Gasteiger partial charge on any atom is 0.235 e. The molecule has 0 spiro atoms. The lowest BCUT2D eigenvalue weighted by atomic mass is 10.2. The van der Waals surface area contributed by atoms with Crippen LogP contribution in [0, 0.1) is 6.92 Å². The Balaban J connectivity index is 1.80. The van der Waals surface area contributed by atoms with Gasteiger partial charge in [0.25, 0.3) is 0 Å². The SMILES string of the molecule is Cc1cccc(CS(=O)(=O)NCC(=O)NCc2ccc(Cl)cc2)c1. The molecule has 2 rings (SSSR count). The molecule has 2 aromatic carbocycles. The van der Waals surface area contributed by atoms with Gasteiger partial charge in [-0.2, -0.15) is 0 Å². The van der Waals surface area contributed by atoms with Crippen molar-refractivity contribution < 1.29 is 13.2 Å². The van der Waals surface area contributed by atoms with Crippen molar-refractivity contribution in [1.82, 2.24) is 10.0 Å². The number of hydrogen-bond acceptors (Lipinski definition) is 3. The van der Waals surface area contributed by atoms with Gasteiger partial charge in [-0.3, -0.25) is 4.79 Å². The first-order valence-electron chi connectivity index (χ1n) is 7.38. The van der Waals surface area contributed by atoms with Gasteiger partial charge in [0.2, 0.25) is 15.9 Å². The number of amides is 1. The van der Waals surface area contributed by atoms with Crippen LogP contribution in [0.3, 0.4) is 0 Å². The Labute approximate surface area is 147 Å². The van der Waals surface area contributed by atoms with Crippen molar-refractivity contribution in [2.45, 2.75) is 19.2 Å². The molecular formula is C17H19ClN2O3S. The van der Waals surface area contributed by atoms with Gasteiger partial charge in [0.1, 0.15) is 0 Å². The van der Waals surface area contributed by atoms with Gasteiger partial charge < -0.3 is 5.32 Å². The summed E-state index contributed by atoms with van der Waals surface area (Å²) in [5.74, 6) is -0.545. The Morgan fingerprint density at radius 2 is 1.79 bits per heavy atom. The smallest absolute Gasteiger partial charge is 0.235 e. The third-order valence-corrected chi connectivity index (χ3v) is 4.84. The molecule has 1 amide bonds. The van der Waals surface area contributed by atoms with E-state index in [0.717, 1.165) is 11.1 Å². The van der Waals surface area contributed by atoms with Crippen LogP contribution in [0.4, 0.5) is 0 Å². The molecule has 2 N–H and O–H groups in total. The summed E-state index contributed by atoms with van der Waals surface area (Å²) in [4.78, 5) is 11.8. The Kier molecular flexibility index (Phi) is 6.36. The molecule has 0 saturated heterocycles. The molecule has 0 bridgehead atoms. The molecular weight excluding hydrogens is 348 g/mol. The molecule has 0 aliphatic carbocycles. The third kappa shape index (κ3) is 6.31. The minimum atomic E-state index is -3.56. The van der Waals surface area contributed by atoms with Gasteiger partial charge in [0.15, 0.2) is 0 Å². The van der Waals surface area contributed by atoms with Gasteiger partial charge in [-0.15, -0.1) is 0 Å². The molecule has 0 aromatic heterocycles. The molecule has 7 heteroatoms. The quantitative estimate of drug-likeness (QED) is 0.790. The number of carbonyl (C=O) groups is 1. The van der Waals surface area contributed by atoms with E-state index in [2.05, 4.69) is 10.0 Å². The van der Waals surface area contributed by atoms with E-state index in [1.165, 1.54) is 0 Å². The topological polar surface area (TPSA) is 75.3 Å². The highest BCUT2D eigenvalue weighted by Crippen LogP contribution is 2.09. The monoisotopic (exact) mass is 366 g/mol. The van der Waals surface area contributed by atoms with Crippen LogP contribution in [0.5, 0.6) is 0 Å². The average molecular weight is 367 g/mol. The van der Waals surface area contributed by atoms with Crippen molar-refractivity contribution in [3.05, 3.63) is 70.2 Å². The maximum absolute atomic E-state index is 12.0. The molecule has 5 nitrogen and oxygen atoms in total. The zero-order chi connectivity index (χ0) is 17.6. The number of aryl methyl sites for hydroxylation is 1. The van der Waals surface area contributed by atoms with Gasteiger partial charge in [0, 0.05) is 11.6 Å². The molecule has 128 valence electrons. The lowest BCUT2D eigenvalue weighted by Gasteiger charge is -2.08. The van der Waals surface area contributed by atoms with E-state index in [-0.39, 0.29) is 12.3 Å². The zero-order valence-corrected chi connectivity index (χ0v) is 14.8. The normalized spacial score (nSPS) is 11.2. The first-order valence-corrected chi connectivity index (χ1v) is 9.41. The number of rotatable bonds is 7. The molecule has 0 atom stereocenters. The second-order valence-electron chi connectivity index (χ2n) is 5.47. The fourth-order valence-electron chi connectivity index (χ4n) is 2.11. The second kappa shape index (κ2) is 8.28. The molecule has 0 aliphatic heterocycles. The Morgan fingerprint density at radius 3 is 2.46 bits per heavy atom. The average Bonchev–Trinajstić information content (AvgIpc) is 2.52. The van der Waals surface area contributed by atoms with E-state index in [1.54, 1.807) is 42.5 Å². The largest absolute Gasteiger partial charge is 0.351 e. The Bertz CT molecular complexity index is 805. The molecule has 0 saturated carbocycles. The first-order chi connectivity index (χ1) is 11.3. The summed E-state index contributed by atoms with van der Waals surface area (Å²) in [5.41, 5.74) is 2.56. The number of hydrogen-bond donors (Lipinski definition) is 2. The highest BCUT2D eigenvalue weighted by atomic mass is 35.5. The van der Waals surface area contributed by atoms with Crippen LogP contribution in [-0.2, 0) is 27.1 Å². The molecule has 0 aliphatic rings. The molecule has 2 aromatic rings. The Hall–Kier alpha value is -1.89. The summed E-state index contributed by atoms with van der Waals surface area (Å²) < 4.78 is 26.4. The van der Waals surface area contributed by atoms with Crippen LogP contribution in [0.1, 0.15) is 16.7 Å². The zero-order valence-electron chi connectivity index (χ0n) is 13.3. The van der Waals surface area contributed by atoms with Crippen LogP contribution < -0.4 is 10.0 Å². The summed E-state index contributed by atoms with van der Waals surface area (Å²) in [6.07, 6.45) is 0. The van der Waals surface area contributed by atoms with Crippen molar-refractivity contribution in [1.29, 1.82) is 0 Å². The highest BCUT2D eigenvalue weighted by molar-refractivity contribution is 7.88. The van der Waals surface area contributed by atoms with Crippen LogP contribution in [0.25, 0.3) is 0 Å². The fraction of sp³-hybridized carbons (Fsp3) is 0.235. The van der Waals surface area contributed by atoms with Crippen LogP contribution in [-0.4, -0.2) is 20.9 Å². The fourth-order valence-corrected chi connectivity index (χ4v) is 3.31. The molecule has 0 fully saturated rings. The van der Waals surface area contributed by atoms with E-state index in [4.69, 9.17) is 11.6 Å². The lowest BCUT2D eigenvalue weighted by molar-refractivity contribution is -0.120. The van der Waals surface area contributed by atoms with E-state index in [9.17, 15) is 13.2 Å². The number of nitrogens with one attached hydrogen (secondary N) is 2. The van der Waals surface area contributed by atoms with Crippen molar-refractivity contribution >= 4 is 27.5 Å². The minimum absolute atomic E-state index is 0.154.